The fraction of sp³-hybridized carbons (Fsp3) is 0.682. The zero-order chi connectivity index (χ0) is 23.3. The Bertz CT molecular complexity index is 1020. The molecule has 9 nitrogen and oxygen atoms in total. The summed E-state index contributed by atoms with van der Waals surface area (Å²) in [5.41, 5.74) is -1.09. The van der Waals surface area contributed by atoms with E-state index in [1.54, 1.807) is 12.1 Å². The topological polar surface area (TPSA) is 117 Å². The van der Waals surface area contributed by atoms with Crippen LogP contribution in [0.1, 0.15) is 52.2 Å². The van der Waals surface area contributed by atoms with E-state index in [0.717, 1.165) is 11.3 Å². The van der Waals surface area contributed by atoms with Gasteiger partial charge in [-0.25, -0.2) is 13.2 Å². The molecule has 1 N–H and O–H groups in total. The first-order valence-electron chi connectivity index (χ1n) is 11.1. The van der Waals surface area contributed by atoms with Gasteiger partial charge in [0.05, 0.1) is 24.3 Å². The summed E-state index contributed by atoms with van der Waals surface area (Å²) in [6.07, 6.45) is 3.84. The molecule has 0 aromatic carbocycles. The number of hydrogen-bond donors (Lipinski definition) is 1. The van der Waals surface area contributed by atoms with E-state index in [9.17, 15) is 22.8 Å². The van der Waals surface area contributed by atoms with Crippen molar-refractivity contribution in [3.8, 4) is 0 Å². The van der Waals surface area contributed by atoms with E-state index in [1.165, 1.54) is 11.2 Å². The zero-order valence-electron chi connectivity index (χ0n) is 18.8. The lowest BCUT2D eigenvalue weighted by Gasteiger charge is -2.43. The number of sulfone groups is 1. The molecule has 1 aromatic rings. The first kappa shape index (κ1) is 22.8. The number of rotatable bonds is 5. The molecule has 2 aliphatic heterocycles. The van der Waals surface area contributed by atoms with Gasteiger partial charge in [-0.3, -0.25) is 14.5 Å². The Labute approximate surface area is 188 Å². The van der Waals surface area contributed by atoms with Crippen LogP contribution in [0.5, 0.6) is 0 Å². The van der Waals surface area contributed by atoms with Gasteiger partial charge in [0.15, 0.2) is 9.84 Å². The van der Waals surface area contributed by atoms with E-state index in [4.69, 9.17) is 4.42 Å². The fourth-order valence-corrected chi connectivity index (χ4v) is 7.62. The molecule has 10 heteroatoms. The number of carbonyl (C=O) groups excluding carboxylic acids is 3. The summed E-state index contributed by atoms with van der Waals surface area (Å²) >= 11 is 0. The van der Waals surface area contributed by atoms with Crippen molar-refractivity contribution >= 4 is 27.7 Å². The van der Waals surface area contributed by atoms with Gasteiger partial charge in [0, 0.05) is 6.04 Å². The van der Waals surface area contributed by atoms with Crippen LogP contribution in [0.15, 0.2) is 22.8 Å². The van der Waals surface area contributed by atoms with Gasteiger partial charge in [-0.1, -0.05) is 20.8 Å². The summed E-state index contributed by atoms with van der Waals surface area (Å²) in [5.74, 6) is -0.176. The average molecular weight is 466 g/mol. The summed E-state index contributed by atoms with van der Waals surface area (Å²) in [4.78, 5) is 41.9. The van der Waals surface area contributed by atoms with Crippen LogP contribution in [-0.4, -0.2) is 65.7 Å². The minimum Gasteiger partial charge on any atom is -0.467 e. The Kier molecular flexibility index (Phi) is 5.63. The second-order valence-corrected chi connectivity index (χ2v) is 12.6. The Morgan fingerprint density at radius 1 is 1.31 bits per heavy atom. The van der Waals surface area contributed by atoms with Crippen molar-refractivity contribution in [1.29, 1.82) is 0 Å². The molecule has 32 heavy (non-hydrogen) atoms. The highest BCUT2D eigenvalue weighted by atomic mass is 32.2. The molecule has 3 atom stereocenters. The third-order valence-corrected chi connectivity index (χ3v) is 8.54. The molecular weight excluding hydrogens is 434 g/mol. The van der Waals surface area contributed by atoms with Crippen LogP contribution in [0, 0.1) is 11.3 Å². The lowest BCUT2D eigenvalue weighted by molar-refractivity contribution is -0.142. The number of carbonyl (C=O) groups is 3. The van der Waals surface area contributed by atoms with Crippen LogP contribution in [0.3, 0.4) is 0 Å². The van der Waals surface area contributed by atoms with E-state index in [2.05, 4.69) is 26.1 Å². The predicted molar refractivity (Wildman–Crippen MR) is 116 cm³/mol. The molecule has 1 aliphatic carbocycles. The maximum Gasteiger partial charge on any atom is 0.325 e. The van der Waals surface area contributed by atoms with E-state index in [1.807, 2.05) is 0 Å². The van der Waals surface area contributed by atoms with Crippen LogP contribution < -0.4 is 5.32 Å². The van der Waals surface area contributed by atoms with E-state index in [0.29, 0.717) is 25.0 Å². The minimum atomic E-state index is -3.23. The maximum absolute atomic E-state index is 13.4. The molecule has 3 aliphatic rings. The minimum absolute atomic E-state index is 0.0127. The quantitative estimate of drug-likeness (QED) is 0.664. The third-order valence-electron chi connectivity index (χ3n) is 6.79. The highest BCUT2D eigenvalue weighted by molar-refractivity contribution is 7.91. The molecular formula is C22H31N3O6S. The number of furan rings is 1. The number of nitrogens with zero attached hydrogens (tertiary/aromatic N) is 2. The van der Waals surface area contributed by atoms with Gasteiger partial charge >= 0.3 is 6.03 Å². The number of hydrogen-bond acceptors (Lipinski definition) is 6. The number of imide groups is 1. The van der Waals surface area contributed by atoms with Gasteiger partial charge in [0.25, 0.3) is 5.91 Å². The second kappa shape index (κ2) is 7.90. The molecule has 2 saturated heterocycles. The van der Waals surface area contributed by atoms with E-state index >= 15 is 0 Å². The predicted octanol–water partition coefficient (Wildman–Crippen LogP) is 1.93. The summed E-state index contributed by atoms with van der Waals surface area (Å²) < 4.78 is 29.4. The lowest BCUT2D eigenvalue weighted by atomic mass is 9.64. The van der Waals surface area contributed by atoms with E-state index in [-0.39, 0.29) is 35.3 Å². The van der Waals surface area contributed by atoms with Gasteiger partial charge in [-0.15, -0.1) is 0 Å². The monoisotopic (exact) mass is 465 g/mol. The first-order valence-corrected chi connectivity index (χ1v) is 12.9. The van der Waals surface area contributed by atoms with Crippen molar-refractivity contribution in [3.05, 3.63) is 24.2 Å². The summed E-state index contributed by atoms with van der Waals surface area (Å²) in [6.45, 7) is 5.91. The van der Waals surface area contributed by atoms with Crippen molar-refractivity contribution in [3.63, 3.8) is 0 Å². The molecule has 0 bridgehead atoms. The number of urea groups is 1. The van der Waals surface area contributed by atoms with Crippen LogP contribution in [0.4, 0.5) is 4.79 Å². The average Bonchev–Trinajstić information content (AvgIpc) is 3.34. The van der Waals surface area contributed by atoms with E-state index < -0.39 is 39.9 Å². The molecule has 1 spiro atoms. The van der Waals surface area contributed by atoms with Crippen LogP contribution in [0.2, 0.25) is 0 Å². The van der Waals surface area contributed by atoms with Crippen LogP contribution in [0.25, 0.3) is 0 Å². The Morgan fingerprint density at radius 2 is 2.06 bits per heavy atom. The Hall–Kier alpha value is -2.36. The second-order valence-electron chi connectivity index (χ2n) is 10.4. The first-order chi connectivity index (χ1) is 14.9. The van der Waals surface area contributed by atoms with Gasteiger partial charge in [-0.05, 0) is 49.1 Å². The Morgan fingerprint density at radius 3 is 2.66 bits per heavy atom. The zero-order valence-corrected chi connectivity index (χ0v) is 19.6. The largest absolute Gasteiger partial charge is 0.467 e. The van der Waals surface area contributed by atoms with Crippen molar-refractivity contribution < 1.29 is 27.2 Å². The molecule has 0 radical (unpaired) electrons. The van der Waals surface area contributed by atoms with Crippen molar-refractivity contribution in [2.45, 2.75) is 64.6 Å². The van der Waals surface area contributed by atoms with Gasteiger partial charge in [0.1, 0.15) is 17.8 Å². The summed E-state index contributed by atoms with van der Waals surface area (Å²) in [7, 11) is -3.23. The maximum atomic E-state index is 13.4. The normalized spacial score (nSPS) is 31.2. The highest BCUT2D eigenvalue weighted by Crippen LogP contribution is 2.46. The van der Waals surface area contributed by atoms with Crippen LogP contribution >= 0.6 is 0 Å². The van der Waals surface area contributed by atoms with Gasteiger partial charge in [0.2, 0.25) is 5.91 Å². The van der Waals surface area contributed by atoms with Crippen molar-refractivity contribution in [1.82, 2.24) is 15.1 Å². The molecule has 3 fully saturated rings. The van der Waals surface area contributed by atoms with Gasteiger partial charge in [-0.2, -0.15) is 0 Å². The smallest absolute Gasteiger partial charge is 0.325 e. The van der Waals surface area contributed by atoms with Crippen LogP contribution in [-0.2, 0) is 26.0 Å². The van der Waals surface area contributed by atoms with Gasteiger partial charge < -0.3 is 14.6 Å². The molecule has 4 amide bonds. The summed E-state index contributed by atoms with van der Waals surface area (Å²) in [6, 6.07) is 2.32. The Balaban J connectivity index is 1.54. The highest BCUT2D eigenvalue weighted by Gasteiger charge is 2.56. The SMILES string of the molecule is C[C@@H]1CC(C)(C)C[C@]2(C1)NC(=O)N(CC(=O)N(Cc1ccco1)[C@@H]1CCS(=O)(=O)C1)C2=O. The molecule has 0 unspecified atom stereocenters. The van der Waals surface area contributed by atoms with Crippen molar-refractivity contribution in [2.24, 2.45) is 11.3 Å². The third kappa shape index (κ3) is 4.42. The summed E-state index contributed by atoms with van der Waals surface area (Å²) in [5, 5.41) is 2.88. The van der Waals surface area contributed by atoms with Crippen molar-refractivity contribution in [2.75, 3.05) is 18.1 Å². The molecule has 1 aromatic heterocycles. The number of nitrogens with one attached hydrogen (secondary N) is 1. The molecule has 3 heterocycles. The molecule has 1 saturated carbocycles. The standard InChI is InChI=1S/C22H31N3O6S/c1-15-9-21(2,3)14-22(10-15)19(27)25(20(28)23-22)12-18(26)24(11-17-5-4-7-31-17)16-6-8-32(29,30)13-16/h4-5,7,15-16H,6,8-14H2,1-3H3,(H,23,28)/t15-,16-,22+/m1/s1. The number of amides is 4. The lowest BCUT2D eigenvalue weighted by Crippen LogP contribution is -2.54. The fourth-order valence-electron chi connectivity index (χ4n) is 5.89. The molecule has 4 rings (SSSR count). The molecule has 176 valence electrons.